The van der Waals surface area contributed by atoms with Crippen LogP contribution in [0.25, 0.3) is 0 Å². The molecule has 0 atom stereocenters. The summed E-state index contributed by atoms with van der Waals surface area (Å²) >= 11 is 11.6. The number of nitrogens with one attached hydrogen (secondary N) is 3. The highest BCUT2D eigenvalue weighted by molar-refractivity contribution is 6.42. The summed E-state index contributed by atoms with van der Waals surface area (Å²) in [6, 6.07) is 4.43. The Morgan fingerprint density at radius 1 is 1.10 bits per heavy atom. The molecule has 0 aliphatic rings. The number of hydrogen-bond donors (Lipinski definition) is 3. The summed E-state index contributed by atoms with van der Waals surface area (Å²) in [5.74, 6) is -0.114. The number of hydrogen-bond acceptors (Lipinski definition) is 2. The molecule has 0 unspecified atom stereocenters. The Hall–Kier alpha value is -1.46. The van der Waals surface area contributed by atoms with E-state index in [1.807, 2.05) is 0 Å². The molecule has 0 spiro atoms. The minimum Gasteiger partial charge on any atom is -0.354 e. The first-order valence-electron chi connectivity index (χ1n) is 6.17. The molecule has 0 aromatic heterocycles. The van der Waals surface area contributed by atoms with E-state index in [1.54, 1.807) is 32.0 Å². The van der Waals surface area contributed by atoms with Crippen molar-refractivity contribution in [2.45, 2.75) is 13.8 Å². The minimum atomic E-state index is -0.373. The van der Waals surface area contributed by atoms with Crippen LogP contribution < -0.4 is 16.0 Å². The number of halogens is 2. The van der Waals surface area contributed by atoms with Crippen molar-refractivity contribution in [3.8, 4) is 0 Å². The third kappa shape index (κ3) is 5.67. The molecule has 0 aliphatic heterocycles. The van der Waals surface area contributed by atoms with Gasteiger partial charge in [-0.25, -0.2) is 4.79 Å². The molecule has 1 aromatic rings. The van der Waals surface area contributed by atoms with Crippen molar-refractivity contribution in [1.82, 2.24) is 10.6 Å². The molecule has 0 saturated heterocycles. The van der Waals surface area contributed by atoms with Crippen LogP contribution in [-0.4, -0.2) is 25.0 Å². The van der Waals surface area contributed by atoms with Gasteiger partial charge >= 0.3 is 6.03 Å². The van der Waals surface area contributed by atoms with Crippen LogP contribution in [0.5, 0.6) is 0 Å². The molecule has 0 bridgehead atoms. The number of anilines is 1. The summed E-state index contributed by atoms with van der Waals surface area (Å²) < 4.78 is 0. The molecule has 0 fully saturated rings. The zero-order chi connectivity index (χ0) is 15.1. The second-order valence-electron chi connectivity index (χ2n) is 4.46. The summed E-state index contributed by atoms with van der Waals surface area (Å²) in [5, 5.41) is 8.73. The zero-order valence-corrected chi connectivity index (χ0v) is 12.8. The quantitative estimate of drug-likeness (QED) is 0.731. The molecule has 5 nitrogen and oxygen atoms in total. The number of carbonyl (C=O) groups excluding carboxylic acids is 2. The molecule has 110 valence electrons. The van der Waals surface area contributed by atoms with E-state index in [2.05, 4.69) is 16.0 Å². The van der Waals surface area contributed by atoms with Crippen molar-refractivity contribution in [3.63, 3.8) is 0 Å². The van der Waals surface area contributed by atoms with Gasteiger partial charge in [-0.05, 0) is 18.2 Å². The van der Waals surface area contributed by atoms with E-state index in [9.17, 15) is 9.59 Å². The number of benzene rings is 1. The summed E-state index contributed by atoms with van der Waals surface area (Å²) in [6.45, 7) is 4.33. The van der Waals surface area contributed by atoms with Crippen molar-refractivity contribution in [2.24, 2.45) is 5.92 Å². The highest BCUT2D eigenvalue weighted by Gasteiger charge is 2.06. The second kappa shape index (κ2) is 7.97. The van der Waals surface area contributed by atoms with E-state index in [-0.39, 0.29) is 17.9 Å². The molecule has 0 aliphatic carbocycles. The van der Waals surface area contributed by atoms with Crippen LogP contribution >= 0.6 is 23.2 Å². The van der Waals surface area contributed by atoms with Crippen LogP contribution in [0.1, 0.15) is 13.8 Å². The standard InChI is InChI=1S/C13H17Cl2N3O2/c1-8(2)12(19)16-5-6-17-13(20)18-9-3-4-10(14)11(15)7-9/h3-4,7-8H,5-6H2,1-2H3,(H,16,19)(H2,17,18,20). The average molecular weight is 318 g/mol. The molecular weight excluding hydrogens is 301 g/mol. The van der Waals surface area contributed by atoms with Gasteiger partial charge in [0.25, 0.3) is 0 Å². The molecule has 0 radical (unpaired) electrons. The number of carbonyl (C=O) groups is 2. The Bertz CT molecular complexity index is 493. The maximum absolute atomic E-state index is 11.6. The van der Waals surface area contributed by atoms with Gasteiger partial charge in [0.2, 0.25) is 5.91 Å². The maximum atomic E-state index is 11.6. The lowest BCUT2D eigenvalue weighted by molar-refractivity contribution is -0.123. The number of rotatable bonds is 5. The van der Waals surface area contributed by atoms with Crippen LogP contribution in [0, 0.1) is 5.92 Å². The summed E-state index contributed by atoms with van der Waals surface area (Å²) in [4.78, 5) is 22.9. The average Bonchev–Trinajstić information content (AvgIpc) is 2.38. The number of amides is 3. The predicted molar refractivity (Wildman–Crippen MR) is 81.3 cm³/mol. The van der Waals surface area contributed by atoms with E-state index in [1.165, 1.54) is 0 Å². The Morgan fingerprint density at radius 2 is 1.75 bits per heavy atom. The van der Waals surface area contributed by atoms with Crippen LogP contribution in [-0.2, 0) is 4.79 Å². The van der Waals surface area contributed by atoms with E-state index in [4.69, 9.17) is 23.2 Å². The van der Waals surface area contributed by atoms with Crippen LogP contribution in [0.4, 0.5) is 10.5 Å². The van der Waals surface area contributed by atoms with E-state index < -0.39 is 0 Å². The molecular formula is C13H17Cl2N3O2. The fraction of sp³-hybridized carbons (Fsp3) is 0.385. The molecule has 20 heavy (non-hydrogen) atoms. The SMILES string of the molecule is CC(C)C(=O)NCCNC(=O)Nc1ccc(Cl)c(Cl)c1. The van der Waals surface area contributed by atoms with E-state index >= 15 is 0 Å². The van der Waals surface area contributed by atoms with Crippen molar-refractivity contribution >= 4 is 40.8 Å². The lowest BCUT2D eigenvalue weighted by atomic mass is 10.2. The molecule has 3 N–H and O–H groups in total. The Kier molecular flexibility index (Phi) is 6.61. The Balaban J connectivity index is 2.30. The monoisotopic (exact) mass is 317 g/mol. The van der Waals surface area contributed by atoms with Crippen LogP contribution in [0.3, 0.4) is 0 Å². The van der Waals surface area contributed by atoms with Crippen LogP contribution in [0.15, 0.2) is 18.2 Å². The molecule has 1 aromatic carbocycles. The van der Waals surface area contributed by atoms with Gasteiger partial charge in [0.05, 0.1) is 10.0 Å². The van der Waals surface area contributed by atoms with Crippen LogP contribution in [0.2, 0.25) is 10.0 Å². The third-order valence-corrected chi connectivity index (χ3v) is 3.15. The summed E-state index contributed by atoms with van der Waals surface area (Å²) in [6.07, 6.45) is 0. The highest BCUT2D eigenvalue weighted by Crippen LogP contribution is 2.24. The molecule has 7 heteroatoms. The first-order chi connectivity index (χ1) is 9.40. The molecule has 0 saturated carbocycles. The van der Waals surface area contributed by atoms with Gasteiger partial charge in [-0.15, -0.1) is 0 Å². The fourth-order valence-corrected chi connectivity index (χ4v) is 1.61. The first-order valence-corrected chi connectivity index (χ1v) is 6.93. The van der Waals surface area contributed by atoms with Gasteiger partial charge in [-0.3, -0.25) is 4.79 Å². The highest BCUT2D eigenvalue weighted by atomic mass is 35.5. The molecule has 1 rings (SSSR count). The van der Waals surface area contributed by atoms with Gasteiger partial charge in [-0.2, -0.15) is 0 Å². The van der Waals surface area contributed by atoms with E-state index in [0.717, 1.165) is 0 Å². The molecule has 3 amide bonds. The van der Waals surface area contributed by atoms with Gasteiger partial charge in [-0.1, -0.05) is 37.0 Å². The first kappa shape index (κ1) is 16.6. The predicted octanol–water partition coefficient (Wildman–Crippen LogP) is 2.89. The summed E-state index contributed by atoms with van der Waals surface area (Å²) in [5.41, 5.74) is 0.545. The zero-order valence-electron chi connectivity index (χ0n) is 11.3. The smallest absolute Gasteiger partial charge is 0.319 e. The third-order valence-electron chi connectivity index (χ3n) is 2.41. The van der Waals surface area contributed by atoms with Crippen molar-refractivity contribution in [2.75, 3.05) is 18.4 Å². The van der Waals surface area contributed by atoms with Crippen molar-refractivity contribution in [1.29, 1.82) is 0 Å². The lowest BCUT2D eigenvalue weighted by Crippen LogP contribution is -2.38. The normalized spacial score (nSPS) is 10.2. The number of urea groups is 1. The largest absolute Gasteiger partial charge is 0.354 e. The Morgan fingerprint density at radius 3 is 2.35 bits per heavy atom. The van der Waals surface area contributed by atoms with Gasteiger partial charge in [0, 0.05) is 24.7 Å². The topological polar surface area (TPSA) is 70.2 Å². The van der Waals surface area contributed by atoms with E-state index in [0.29, 0.717) is 28.8 Å². The van der Waals surface area contributed by atoms with Crippen molar-refractivity contribution in [3.05, 3.63) is 28.2 Å². The maximum Gasteiger partial charge on any atom is 0.319 e. The van der Waals surface area contributed by atoms with Gasteiger partial charge < -0.3 is 16.0 Å². The van der Waals surface area contributed by atoms with Crippen molar-refractivity contribution < 1.29 is 9.59 Å². The molecule has 0 heterocycles. The lowest BCUT2D eigenvalue weighted by Gasteiger charge is -2.10. The van der Waals surface area contributed by atoms with Gasteiger partial charge in [0.1, 0.15) is 0 Å². The fourth-order valence-electron chi connectivity index (χ4n) is 1.32. The second-order valence-corrected chi connectivity index (χ2v) is 5.27. The van der Waals surface area contributed by atoms with Gasteiger partial charge in [0.15, 0.2) is 0 Å². The Labute approximate surface area is 128 Å². The minimum absolute atomic E-state index is 0.0447. The summed E-state index contributed by atoms with van der Waals surface area (Å²) in [7, 11) is 0.